The quantitative estimate of drug-likeness (QED) is 0.132. The third-order valence-corrected chi connectivity index (χ3v) is 10.1. The lowest BCUT2D eigenvalue weighted by Gasteiger charge is -2.33. The number of hydrogen-bond acceptors (Lipinski definition) is 10. The van der Waals surface area contributed by atoms with Gasteiger partial charge in [0.25, 0.3) is 21.6 Å². The number of carbonyl (C=O) groups excluding carboxylic acids is 1. The number of nitrogens with one attached hydrogen (secondary N) is 3. The number of hydrogen-bond donors (Lipinski definition) is 3. The Morgan fingerprint density at radius 1 is 1.07 bits per heavy atom. The predicted molar refractivity (Wildman–Crippen MR) is 176 cm³/mol. The maximum atomic E-state index is 13.1. The highest BCUT2D eigenvalue weighted by molar-refractivity contribution is 7.99. The van der Waals surface area contributed by atoms with Gasteiger partial charge in [-0.3, -0.25) is 14.9 Å². The van der Waals surface area contributed by atoms with Crippen LogP contribution in [0.5, 0.6) is 0 Å². The van der Waals surface area contributed by atoms with Gasteiger partial charge in [0, 0.05) is 53.1 Å². The van der Waals surface area contributed by atoms with Crippen LogP contribution in [0.1, 0.15) is 29.6 Å². The summed E-state index contributed by atoms with van der Waals surface area (Å²) >= 11 is 1.64. The number of nitrogens with zero attached hydrogens (tertiary/aromatic N) is 3. The molecule has 4 rings (SSSR count). The zero-order valence-corrected chi connectivity index (χ0v) is 26.9. The van der Waals surface area contributed by atoms with Crippen LogP contribution in [0.4, 0.5) is 17.1 Å². The van der Waals surface area contributed by atoms with Crippen LogP contribution in [0.2, 0.25) is 0 Å². The smallest absolute Gasteiger partial charge is 0.293 e. The van der Waals surface area contributed by atoms with E-state index >= 15 is 0 Å². The highest BCUT2D eigenvalue weighted by Gasteiger charge is 2.25. The minimum atomic E-state index is -4.38. The largest absolute Gasteiger partial charge is 0.376 e. The van der Waals surface area contributed by atoms with E-state index in [-0.39, 0.29) is 27.9 Å². The van der Waals surface area contributed by atoms with Crippen molar-refractivity contribution in [1.82, 2.24) is 14.9 Å². The second-order valence-corrected chi connectivity index (χ2v) is 13.8. The summed E-state index contributed by atoms with van der Waals surface area (Å²) in [4.78, 5) is 29.3. The van der Waals surface area contributed by atoms with Crippen LogP contribution in [0.15, 0.2) is 82.6 Å². The molecule has 1 aliphatic heterocycles. The normalized spacial score (nSPS) is 14.8. The molecule has 0 saturated carbocycles. The van der Waals surface area contributed by atoms with Gasteiger partial charge in [-0.25, -0.2) is 13.1 Å². The van der Waals surface area contributed by atoms with Crippen LogP contribution < -0.4 is 20.3 Å². The van der Waals surface area contributed by atoms with Crippen molar-refractivity contribution in [3.05, 3.63) is 88.5 Å². The Kier molecular flexibility index (Phi) is 11.6. The highest BCUT2D eigenvalue weighted by atomic mass is 32.2. The van der Waals surface area contributed by atoms with Gasteiger partial charge in [0.1, 0.15) is 5.69 Å². The van der Waals surface area contributed by atoms with Crippen LogP contribution in [-0.4, -0.2) is 82.8 Å². The molecular weight excluding hydrogens is 601 g/mol. The molecular formula is C31H40N6O5S2. The summed E-state index contributed by atoms with van der Waals surface area (Å²) in [5.74, 6) is -0.157. The van der Waals surface area contributed by atoms with Gasteiger partial charge < -0.3 is 20.4 Å². The second-order valence-electron chi connectivity index (χ2n) is 11.0. The number of thioether (sulfide) groups is 1. The molecule has 1 atom stereocenters. The number of piperidine rings is 1. The van der Waals surface area contributed by atoms with Crippen molar-refractivity contribution in [2.45, 2.75) is 41.1 Å². The Labute approximate surface area is 263 Å². The van der Waals surface area contributed by atoms with Crippen molar-refractivity contribution in [3.8, 4) is 0 Å². The zero-order chi connectivity index (χ0) is 31.7. The first-order chi connectivity index (χ1) is 21.1. The van der Waals surface area contributed by atoms with Crippen LogP contribution >= 0.6 is 11.8 Å². The third-order valence-electron chi connectivity index (χ3n) is 7.58. The van der Waals surface area contributed by atoms with E-state index < -0.39 is 20.9 Å². The SMILES string of the molecule is CNC1CCN(c2ccc(C(=O)NS(=O)(=O)c3ccc(NC(CCN(C)C)CSc4ccccc4)c([N+](=O)[O-])c3)cc2)CC1. The second kappa shape index (κ2) is 15.4. The Morgan fingerprint density at radius 3 is 2.36 bits per heavy atom. The molecule has 0 aliphatic carbocycles. The summed E-state index contributed by atoms with van der Waals surface area (Å²) in [6, 6.07) is 20.7. The summed E-state index contributed by atoms with van der Waals surface area (Å²) in [6.45, 7) is 2.53. The molecule has 3 N–H and O–H groups in total. The molecule has 1 aliphatic rings. The first-order valence-electron chi connectivity index (χ1n) is 14.5. The van der Waals surface area contributed by atoms with Gasteiger partial charge in [-0.15, -0.1) is 11.8 Å². The minimum Gasteiger partial charge on any atom is -0.376 e. The van der Waals surface area contributed by atoms with E-state index in [4.69, 9.17) is 0 Å². The monoisotopic (exact) mass is 640 g/mol. The molecule has 3 aromatic carbocycles. The molecule has 3 aromatic rings. The third kappa shape index (κ3) is 9.18. The fourth-order valence-electron chi connectivity index (χ4n) is 4.99. The van der Waals surface area contributed by atoms with Crippen molar-refractivity contribution >= 4 is 44.8 Å². The Bertz CT molecular complexity index is 1510. The van der Waals surface area contributed by atoms with E-state index in [1.165, 1.54) is 12.1 Å². The van der Waals surface area contributed by atoms with E-state index in [0.717, 1.165) is 49.1 Å². The molecule has 44 heavy (non-hydrogen) atoms. The lowest BCUT2D eigenvalue weighted by molar-refractivity contribution is -0.384. The van der Waals surface area contributed by atoms with Crippen LogP contribution in [0.3, 0.4) is 0 Å². The number of carbonyl (C=O) groups is 1. The molecule has 1 unspecified atom stereocenters. The van der Waals surface area contributed by atoms with Crippen LogP contribution in [-0.2, 0) is 10.0 Å². The number of anilines is 2. The van der Waals surface area contributed by atoms with E-state index in [1.807, 2.05) is 56.4 Å². The number of amides is 1. The Hall–Kier alpha value is -3.65. The Balaban J connectivity index is 1.45. The zero-order valence-electron chi connectivity index (χ0n) is 25.2. The van der Waals surface area contributed by atoms with Gasteiger partial charge in [-0.1, -0.05) is 18.2 Å². The molecule has 0 radical (unpaired) electrons. The van der Waals surface area contributed by atoms with E-state index in [1.54, 1.807) is 36.0 Å². The fraction of sp³-hybridized carbons (Fsp3) is 0.387. The average Bonchev–Trinajstić information content (AvgIpc) is 3.02. The summed E-state index contributed by atoms with van der Waals surface area (Å²) in [6.07, 6.45) is 2.74. The molecule has 0 aromatic heterocycles. The molecule has 0 spiro atoms. The number of nitro benzene ring substituents is 1. The predicted octanol–water partition coefficient (Wildman–Crippen LogP) is 4.43. The first-order valence-corrected chi connectivity index (χ1v) is 17.0. The molecule has 13 heteroatoms. The van der Waals surface area contributed by atoms with Crippen molar-refractivity contribution in [2.24, 2.45) is 0 Å². The standard InChI is InChI=1S/C31H40N6O5S2/c1-32-24-16-19-36(20-17-24)26-11-9-23(10-12-26)31(38)34-44(41,42)28-13-14-29(30(21-28)37(39)40)33-25(15-18-35(2)3)22-43-27-7-5-4-6-8-27/h4-14,21,24-25,32-33H,15-20,22H2,1-3H3,(H,34,38). The minimum absolute atomic E-state index is 0.124. The molecule has 236 valence electrons. The lowest BCUT2D eigenvalue weighted by atomic mass is 10.0. The van der Waals surface area contributed by atoms with Gasteiger partial charge in [-0.2, -0.15) is 0 Å². The van der Waals surface area contributed by atoms with Gasteiger partial charge in [0.05, 0.1) is 9.82 Å². The van der Waals surface area contributed by atoms with Crippen molar-refractivity contribution < 1.29 is 18.1 Å². The van der Waals surface area contributed by atoms with Gasteiger partial charge in [0.15, 0.2) is 0 Å². The van der Waals surface area contributed by atoms with E-state index in [9.17, 15) is 23.3 Å². The topological polar surface area (TPSA) is 137 Å². The van der Waals surface area contributed by atoms with Crippen molar-refractivity contribution in [3.63, 3.8) is 0 Å². The highest BCUT2D eigenvalue weighted by Crippen LogP contribution is 2.30. The summed E-state index contributed by atoms with van der Waals surface area (Å²) in [7, 11) is 1.50. The number of rotatable bonds is 14. The molecule has 1 fully saturated rings. The molecule has 1 saturated heterocycles. The van der Waals surface area contributed by atoms with Crippen molar-refractivity contribution in [2.75, 3.05) is 56.7 Å². The number of nitro groups is 1. The molecule has 11 nitrogen and oxygen atoms in total. The lowest BCUT2D eigenvalue weighted by Crippen LogP contribution is -2.41. The molecule has 1 amide bonds. The maximum Gasteiger partial charge on any atom is 0.293 e. The molecule has 1 heterocycles. The van der Waals surface area contributed by atoms with E-state index in [0.29, 0.717) is 18.2 Å². The maximum absolute atomic E-state index is 13.1. The van der Waals surface area contributed by atoms with Gasteiger partial charge >= 0.3 is 0 Å². The average molecular weight is 641 g/mol. The van der Waals surface area contributed by atoms with Gasteiger partial charge in [0.2, 0.25) is 0 Å². The van der Waals surface area contributed by atoms with Gasteiger partial charge in [-0.05, 0) is 95.5 Å². The number of sulfonamides is 1. The summed E-state index contributed by atoms with van der Waals surface area (Å²) in [5, 5.41) is 18.6. The summed E-state index contributed by atoms with van der Waals surface area (Å²) < 4.78 is 28.3. The summed E-state index contributed by atoms with van der Waals surface area (Å²) in [5.41, 5.74) is 0.969. The van der Waals surface area contributed by atoms with Crippen molar-refractivity contribution in [1.29, 1.82) is 0 Å². The van der Waals surface area contributed by atoms with Crippen LogP contribution in [0, 0.1) is 10.1 Å². The van der Waals surface area contributed by atoms with Crippen LogP contribution in [0.25, 0.3) is 0 Å². The van der Waals surface area contributed by atoms with E-state index in [2.05, 4.69) is 20.3 Å². The Morgan fingerprint density at radius 2 is 1.75 bits per heavy atom. The molecule has 0 bridgehead atoms. The first kappa shape index (κ1) is 33.2. The number of benzene rings is 3. The fourth-order valence-corrected chi connectivity index (χ4v) is 6.97.